The molecular weight excluding hydrogens is 200 g/mol. The first-order chi connectivity index (χ1) is 7.73. The van der Waals surface area contributed by atoms with Gasteiger partial charge in [-0.05, 0) is 12.0 Å². The highest BCUT2D eigenvalue weighted by Crippen LogP contribution is 2.26. The fraction of sp³-hybridized carbons (Fsp3) is 0.571. The van der Waals surface area contributed by atoms with Crippen LogP contribution in [0.5, 0.6) is 0 Å². The molecule has 2 nitrogen and oxygen atoms in total. The first kappa shape index (κ1) is 13.2. The number of hydrogen-bond donors (Lipinski definition) is 2. The van der Waals surface area contributed by atoms with E-state index < -0.39 is 5.60 Å². The molecule has 2 N–H and O–H groups in total. The summed E-state index contributed by atoms with van der Waals surface area (Å²) in [6.07, 6.45) is 5.08. The van der Waals surface area contributed by atoms with Crippen molar-refractivity contribution in [2.45, 2.75) is 44.6 Å². The van der Waals surface area contributed by atoms with E-state index in [0.29, 0.717) is 6.42 Å². The number of hydrogen-bond acceptors (Lipinski definition) is 2. The van der Waals surface area contributed by atoms with Crippen molar-refractivity contribution in [1.29, 1.82) is 0 Å². The van der Waals surface area contributed by atoms with Crippen molar-refractivity contribution in [2.24, 2.45) is 0 Å². The van der Waals surface area contributed by atoms with E-state index in [2.05, 4.69) is 6.92 Å². The zero-order chi connectivity index (χ0) is 11.9. The summed E-state index contributed by atoms with van der Waals surface area (Å²) in [5.41, 5.74) is -0.247. The van der Waals surface area contributed by atoms with Crippen LogP contribution < -0.4 is 0 Å². The Bertz CT molecular complexity index is 284. The lowest BCUT2D eigenvalue weighted by Crippen LogP contribution is -2.30. The zero-order valence-corrected chi connectivity index (χ0v) is 10.0. The van der Waals surface area contributed by atoms with E-state index in [1.54, 1.807) is 0 Å². The highest BCUT2D eigenvalue weighted by molar-refractivity contribution is 5.22. The van der Waals surface area contributed by atoms with Crippen LogP contribution in [0, 0.1) is 0 Å². The van der Waals surface area contributed by atoms with E-state index in [9.17, 15) is 10.2 Å². The van der Waals surface area contributed by atoms with Crippen LogP contribution in [0.25, 0.3) is 0 Å². The third kappa shape index (κ3) is 3.62. The second kappa shape index (κ2) is 6.66. The van der Waals surface area contributed by atoms with E-state index in [1.807, 2.05) is 30.3 Å². The van der Waals surface area contributed by atoms with Crippen LogP contribution in [0.2, 0.25) is 0 Å². The molecule has 0 aromatic heterocycles. The van der Waals surface area contributed by atoms with Gasteiger partial charge in [-0.2, -0.15) is 0 Å². The molecule has 2 heteroatoms. The molecular formula is C14H22O2. The summed E-state index contributed by atoms with van der Waals surface area (Å²) in [7, 11) is 0. The molecule has 0 aliphatic heterocycles. The van der Waals surface area contributed by atoms with Crippen molar-refractivity contribution in [3.8, 4) is 0 Å². The molecule has 0 saturated heterocycles. The van der Waals surface area contributed by atoms with E-state index in [0.717, 1.165) is 18.4 Å². The Morgan fingerprint density at radius 2 is 1.75 bits per heavy atom. The van der Waals surface area contributed by atoms with Gasteiger partial charge in [0.25, 0.3) is 0 Å². The molecule has 16 heavy (non-hydrogen) atoms. The van der Waals surface area contributed by atoms with Gasteiger partial charge in [-0.1, -0.05) is 62.9 Å². The zero-order valence-electron chi connectivity index (χ0n) is 10.0. The Morgan fingerprint density at radius 1 is 1.06 bits per heavy atom. The predicted octanol–water partition coefficient (Wildman–Crippen LogP) is 2.84. The molecule has 0 bridgehead atoms. The lowest BCUT2D eigenvalue weighted by molar-refractivity contribution is -0.0280. The van der Waals surface area contributed by atoms with Crippen molar-refractivity contribution in [1.82, 2.24) is 0 Å². The number of aliphatic hydroxyl groups excluding tert-OH is 1. The quantitative estimate of drug-likeness (QED) is 0.696. The molecule has 90 valence electrons. The summed E-state index contributed by atoms with van der Waals surface area (Å²) in [5.74, 6) is 0. The molecule has 0 aliphatic carbocycles. The molecule has 0 aliphatic rings. The maximum atomic E-state index is 10.3. The molecule has 0 amide bonds. The summed E-state index contributed by atoms with van der Waals surface area (Å²) in [5, 5.41) is 19.7. The summed E-state index contributed by atoms with van der Waals surface area (Å²) in [6, 6.07) is 9.44. The van der Waals surface area contributed by atoms with Crippen molar-refractivity contribution in [2.75, 3.05) is 6.61 Å². The van der Waals surface area contributed by atoms with Gasteiger partial charge in [0.15, 0.2) is 0 Å². The molecule has 1 rings (SSSR count). The van der Waals surface area contributed by atoms with Crippen molar-refractivity contribution in [3.05, 3.63) is 35.9 Å². The Morgan fingerprint density at radius 3 is 2.31 bits per heavy atom. The van der Waals surface area contributed by atoms with Crippen LogP contribution in [0.15, 0.2) is 30.3 Å². The maximum Gasteiger partial charge on any atom is 0.113 e. The minimum atomic E-state index is -1.06. The van der Waals surface area contributed by atoms with Crippen LogP contribution in [0.3, 0.4) is 0 Å². The fourth-order valence-electron chi connectivity index (χ4n) is 1.91. The Balaban J connectivity index is 2.56. The largest absolute Gasteiger partial charge is 0.393 e. The molecule has 0 fully saturated rings. The molecule has 1 unspecified atom stereocenters. The second-order valence-corrected chi connectivity index (χ2v) is 4.37. The Hall–Kier alpha value is -0.860. The van der Waals surface area contributed by atoms with E-state index in [1.165, 1.54) is 12.8 Å². The third-order valence-corrected chi connectivity index (χ3v) is 3.02. The number of rotatable bonds is 7. The summed E-state index contributed by atoms with van der Waals surface area (Å²) in [6.45, 7) is 1.96. The Kier molecular flexibility index (Phi) is 5.50. The molecule has 0 radical (unpaired) electrons. The first-order valence-electron chi connectivity index (χ1n) is 6.11. The topological polar surface area (TPSA) is 40.5 Å². The fourth-order valence-corrected chi connectivity index (χ4v) is 1.91. The van der Waals surface area contributed by atoms with Gasteiger partial charge >= 0.3 is 0 Å². The molecule has 1 atom stereocenters. The highest BCUT2D eigenvalue weighted by Gasteiger charge is 2.27. The van der Waals surface area contributed by atoms with Crippen molar-refractivity contribution < 1.29 is 10.2 Å². The van der Waals surface area contributed by atoms with E-state index in [4.69, 9.17) is 0 Å². The molecule has 0 heterocycles. The summed E-state index contributed by atoms with van der Waals surface area (Å²) >= 11 is 0. The maximum absolute atomic E-state index is 10.3. The average molecular weight is 222 g/mol. The summed E-state index contributed by atoms with van der Waals surface area (Å²) < 4.78 is 0. The molecule has 1 aromatic rings. The first-order valence-corrected chi connectivity index (χ1v) is 6.11. The van der Waals surface area contributed by atoms with Gasteiger partial charge in [0, 0.05) is 0 Å². The van der Waals surface area contributed by atoms with Gasteiger partial charge < -0.3 is 10.2 Å². The van der Waals surface area contributed by atoms with Gasteiger partial charge in [-0.25, -0.2) is 0 Å². The minimum Gasteiger partial charge on any atom is -0.393 e. The molecule has 1 aromatic carbocycles. The van der Waals surface area contributed by atoms with Crippen LogP contribution in [-0.4, -0.2) is 16.8 Å². The highest BCUT2D eigenvalue weighted by atomic mass is 16.3. The smallest absolute Gasteiger partial charge is 0.113 e. The van der Waals surface area contributed by atoms with Crippen molar-refractivity contribution >= 4 is 0 Å². The van der Waals surface area contributed by atoms with Crippen LogP contribution in [0.1, 0.15) is 44.6 Å². The normalized spacial score (nSPS) is 14.7. The number of unbranched alkanes of at least 4 members (excludes halogenated alkanes) is 3. The average Bonchev–Trinajstić information content (AvgIpc) is 2.35. The molecule has 0 spiro atoms. The standard InChI is InChI=1S/C14H22O2/c1-2-3-4-8-11-14(16,12-15)13-9-6-5-7-10-13/h5-7,9-10,15-16H,2-4,8,11-12H2,1H3. The van der Waals surface area contributed by atoms with Crippen molar-refractivity contribution in [3.63, 3.8) is 0 Å². The van der Waals surface area contributed by atoms with E-state index >= 15 is 0 Å². The van der Waals surface area contributed by atoms with E-state index in [-0.39, 0.29) is 6.61 Å². The summed E-state index contributed by atoms with van der Waals surface area (Å²) in [4.78, 5) is 0. The Labute approximate surface area is 97.9 Å². The van der Waals surface area contributed by atoms with Gasteiger partial charge in [-0.3, -0.25) is 0 Å². The monoisotopic (exact) mass is 222 g/mol. The number of benzene rings is 1. The molecule has 0 saturated carbocycles. The number of aliphatic hydroxyl groups is 2. The van der Waals surface area contributed by atoms with Gasteiger partial charge in [0.2, 0.25) is 0 Å². The third-order valence-electron chi connectivity index (χ3n) is 3.02. The predicted molar refractivity (Wildman–Crippen MR) is 66.2 cm³/mol. The second-order valence-electron chi connectivity index (χ2n) is 4.37. The van der Waals surface area contributed by atoms with Gasteiger partial charge in [0.05, 0.1) is 6.61 Å². The minimum absolute atomic E-state index is 0.205. The van der Waals surface area contributed by atoms with Crippen LogP contribution >= 0.6 is 0 Å². The SMILES string of the molecule is CCCCCCC(O)(CO)c1ccccc1. The van der Waals surface area contributed by atoms with Gasteiger partial charge in [-0.15, -0.1) is 0 Å². The lowest BCUT2D eigenvalue weighted by Gasteiger charge is -2.26. The lowest BCUT2D eigenvalue weighted by atomic mass is 9.89. The van der Waals surface area contributed by atoms with Gasteiger partial charge in [0.1, 0.15) is 5.60 Å². The van der Waals surface area contributed by atoms with Crippen LogP contribution in [-0.2, 0) is 5.60 Å². The van der Waals surface area contributed by atoms with Crippen LogP contribution in [0.4, 0.5) is 0 Å².